The Balaban J connectivity index is 2.10. The van der Waals surface area contributed by atoms with Crippen LogP contribution in [0.25, 0.3) is 0 Å². The Labute approximate surface area is 109 Å². The second-order valence-electron chi connectivity index (χ2n) is 3.64. The monoisotopic (exact) mass is 256 g/mol. The van der Waals surface area contributed by atoms with E-state index in [4.69, 9.17) is 5.11 Å². The van der Waals surface area contributed by atoms with Crippen LogP contribution in [0.3, 0.4) is 0 Å². The first-order valence-electron chi connectivity index (χ1n) is 5.60. The fraction of sp³-hybridized carbons (Fsp3) is 0.154. The molecule has 0 aliphatic carbocycles. The molecule has 0 radical (unpaired) electrons. The number of aromatic amines is 1. The molecule has 0 spiro atoms. The molecular weight excluding hydrogens is 244 g/mol. The summed E-state index contributed by atoms with van der Waals surface area (Å²) in [6, 6.07) is 1.59. The van der Waals surface area contributed by atoms with Crippen LogP contribution in [0.15, 0.2) is 31.0 Å². The van der Waals surface area contributed by atoms with Crippen LogP contribution in [0.5, 0.6) is 0 Å². The second-order valence-corrected chi connectivity index (χ2v) is 3.64. The first-order chi connectivity index (χ1) is 9.31. The maximum absolute atomic E-state index is 12.0. The standard InChI is InChI=1S/C13H12N4O2/c18-5-1-2-10-6-14-4-3-12(10)13(19)16-8-11-7-15-9-17-11/h3-4,6-7,9,18H,5,8H2,(H,15,17)(H,16,19). The number of nitrogens with zero attached hydrogens (tertiary/aromatic N) is 2. The van der Waals surface area contributed by atoms with Gasteiger partial charge < -0.3 is 15.4 Å². The van der Waals surface area contributed by atoms with Gasteiger partial charge in [0.05, 0.1) is 29.7 Å². The maximum Gasteiger partial charge on any atom is 0.252 e. The van der Waals surface area contributed by atoms with Gasteiger partial charge in [-0.1, -0.05) is 11.8 Å². The van der Waals surface area contributed by atoms with E-state index in [0.29, 0.717) is 17.7 Å². The Bertz CT molecular complexity index is 611. The van der Waals surface area contributed by atoms with Crippen molar-refractivity contribution in [1.82, 2.24) is 20.3 Å². The highest BCUT2D eigenvalue weighted by Gasteiger charge is 2.09. The lowest BCUT2D eigenvalue weighted by atomic mass is 10.1. The molecule has 2 aromatic heterocycles. The topological polar surface area (TPSA) is 90.9 Å². The van der Waals surface area contributed by atoms with Crippen molar-refractivity contribution in [2.24, 2.45) is 0 Å². The molecule has 0 saturated heterocycles. The van der Waals surface area contributed by atoms with Crippen LogP contribution in [0.1, 0.15) is 21.6 Å². The number of pyridine rings is 1. The molecule has 0 unspecified atom stereocenters. The van der Waals surface area contributed by atoms with Crippen LogP contribution in [-0.2, 0) is 6.54 Å². The lowest BCUT2D eigenvalue weighted by Crippen LogP contribution is -2.23. The van der Waals surface area contributed by atoms with Crippen LogP contribution in [0.2, 0.25) is 0 Å². The summed E-state index contributed by atoms with van der Waals surface area (Å²) in [6.07, 6.45) is 6.20. The molecule has 0 aliphatic rings. The average molecular weight is 256 g/mol. The summed E-state index contributed by atoms with van der Waals surface area (Å²) >= 11 is 0. The van der Waals surface area contributed by atoms with Crippen molar-refractivity contribution in [3.8, 4) is 11.8 Å². The number of H-pyrrole nitrogens is 1. The molecule has 19 heavy (non-hydrogen) atoms. The van der Waals surface area contributed by atoms with E-state index in [1.54, 1.807) is 18.6 Å². The second kappa shape index (κ2) is 6.33. The average Bonchev–Trinajstić information content (AvgIpc) is 2.96. The normalized spacial score (nSPS) is 9.53. The zero-order valence-electron chi connectivity index (χ0n) is 10.1. The molecule has 2 rings (SSSR count). The van der Waals surface area contributed by atoms with E-state index in [2.05, 4.69) is 32.1 Å². The van der Waals surface area contributed by atoms with E-state index in [-0.39, 0.29) is 12.5 Å². The van der Waals surface area contributed by atoms with Crippen molar-refractivity contribution in [1.29, 1.82) is 0 Å². The Morgan fingerprint density at radius 1 is 1.42 bits per heavy atom. The summed E-state index contributed by atoms with van der Waals surface area (Å²) in [5, 5.41) is 11.4. The van der Waals surface area contributed by atoms with Crippen LogP contribution in [-0.4, -0.2) is 32.6 Å². The largest absolute Gasteiger partial charge is 0.384 e. The van der Waals surface area contributed by atoms with Crippen molar-refractivity contribution in [3.05, 3.63) is 47.8 Å². The smallest absolute Gasteiger partial charge is 0.252 e. The summed E-state index contributed by atoms with van der Waals surface area (Å²) in [4.78, 5) is 22.7. The molecule has 0 saturated carbocycles. The molecular formula is C13H12N4O2. The first-order valence-corrected chi connectivity index (χ1v) is 5.60. The van der Waals surface area contributed by atoms with Crippen molar-refractivity contribution in [2.45, 2.75) is 6.54 Å². The third kappa shape index (κ3) is 3.40. The number of nitrogens with one attached hydrogen (secondary N) is 2. The van der Waals surface area contributed by atoms with Gasteiger partial charge in [-0.2, -0.15) is 0 Å². The molecule has 0 bridgehead atoms. The summed E-state index contributed by atoms with van der Waals surface area (Å²) < 4.78 is 0. The summed E-state index contributed by atoms with van der Waals surface area (Å²) in [7, 11) is 0. The SMILES string of the molecule is O=C(NCc1cnc[nH]1)c1ccncc1C#CCO. The van der Waals surface area contributed by atoms with Crippen molar-refractivity contribution in [3.63, 3.8) is 0 Å². The number of imidazole rings is 1. The van der Waals surface area contributed by atoms with Gasteiger partial charge in [-0.05, 0) is 6.07 Å². The predicted octanol–water partition coefficient (Wildman–Crippen LogP) is 0.0785. The number of aliphatic hydroxyl groups excluding tert-OH is 1. The van der Waals surface area contributed by atoms with E-state index in [9.17, 15) is 4.79 Å². The number of amides is 1. The molecule has 6 nitrogen and oxygen atoms in total. The quantitative estimate of drug-likeness (QED) is 0.678. The molecule has 2 heterocycles. The molecule has 96 valence electrons. The number of hydrogen-bond acceptors (Lipinski definition) is 4. The number of carbonyl (C=O) groups excluding carboxylic acids is 1. The van der Waals surface area contributed by atoms with Crippen molar-refractivity contribution >= 4 is 5.91 Å². The Hall–Kier alpha value is -2.65. The molecule has 0 aromatic carbocycles. The van der Waals surface area contributed by atoms with Crippen molar-refractivity contribution in [2.75, 3.05) is 6.61 Å². The minimum atomic E-state index is -0.260. The highest BCUT2D eigenvalue weighted by atomic mass is 16.2. The summed E-state index contributed by atoms with van der Waals surface area (Å²) in [5.74, 6) is 4.94. The van der Waals surface area contributed by atoms with E-state index in [1.165, 1.54) is 12.4 Å². The van der Waals surface area contributed by atoms with E-state index >= 15 is 0 Å². The van der Waals surface area contributed by atoms with Gasteiger partial charge in [-0.15, -0.1) is 0 Å². The van der Waals surface area contributed by atoms with E-state index in [0.717, 1.165) is 5.69 Å². The first kappa shape index (κ1) is 12.8. The van der Waals surface area contributed by atoms with Gasteiger partial charge >= 0.3 is 0 Å². The van der Waals surface area contributed by atoms with Crippen LogP contribution < -0.4 is 5.32 Å². The molecule has 6 heteroatoms. The number of aromatic nitrogens is 3. The lowest BCUT2D eigenvalue weighted by Gasteiger charge is -2.05. The fourth-order valence-electron chi connectivity index (χ4n) is 1.48. The number of rotatable bonds is 3. The number of aliphatic hydroxyl groups is 1. The van der Waals surface area contributed by atoms with Gasteiger partial charge in [0, 0.05) is 18.6 Å². The van der Waals surface area contributed by atoms with Gasteiger partial charge in [0.1, 0.15) is 6.61 Å². The zero-order chi connectivity index (χ0) is 13.5. The Kier molecular flexibility index (Phi) is 4.26. The van der Waals surface area contributed by atoms with Gasteiger partial charge in [0.25, 0.3) is 5.91 Å². The summed E-state index contributed by atoms with van der Waals surface area (Å²) in [6.45, 7) is 0.0954. The third-order valence-electron chi connectivity index (χ3n) is 2.36. The van der Waals surface area contributed by atoms with Gasteiger partial charge in [-0.3, -0.25) is 9.78 Å². The highest BCUT2D eigenvalue weighted by Crippen LogP contribution is 2.05. The Morgan fingerprint density at radius 2 is 2.32 bits per heavy atom. The molecule has 3 N–H and O–H groups in total. The highest BCUT2D eigenvalue weighted by molar-refractivity contribution is 5.96. The molecule has 2 aromatic rings. The summed E-state index contributed by atoms with van der Waals surface area (Å²) in [5.41, 5.74) is 1.72. The number of carbonyl (C=O) groups is 1. The minimum absolute atomic E-state index is 0.251. The van der Waals surface area contributed by atoms with Crippen LogP contribution in [0.4, 0.5) is 0 Å². The molecule has 0 aliphatic heterocycles. The Morgan fingerprint density at radius 3 is 3.05 bits per heavy atom. The zero-order valence-corrected chi connectivity index (χ0v) is 10.1. The molecule has 0 fully saturated rings. The lowest BCUT2D eigenvalue weighted by molar-refractivity contribution is 0.0950. The fourth-order valence-corrected chi connectivity index (χ4v) is 1.48. The van der Waals surface area contributed by atoms with E-state index in [1.807, 2.05) is 0 Å². The maximum atomic E-state index is 12.0. The molecule has 1 amide bonds. The predicted molar refractivity (Wildman–Crippen MR) is 68.0 cm³/mol. The van der Waals surface area contributed by atoms with Gasteiger partial charge in [-0.25, -0.2) is 4.98 Å². The van der Waals surface area contributed by atoms with Gasteiger partial charge in [0.2, 0.25) is 0 Å². The van der Waals surface area contributed by atoms with E-state index < -0.39 is 0 Å². The number of hydrogen-bond donors (Lipinski definition) is 3. The third-order valence-corrected chi connectivity index (χ3v) is 2.36. The molecule has 0 atom stereocenters. The van der Waals surface area contributed by atoms with Crippen LogP contribution >= 0.6 is 0 Å². The minimum Gasteiger partial charge on any atom is -0.384 e. The van der Waals surface area contributed by atoms with Crippen molar-refractivity contribution < 1.29 is 9.90 Å². The van der Waals surface area contributed by atoms with Crippen LogP contribution in [0, 0.1) is 11.8 Å². The van der Waals surface area contributed by atoms with Gasteiger partial charge in [0.15, 0.2) is 0 Å².